The van der Waals surface area contributed by atoms with Gasteiger partial charge in [-0.25, -0.2) is 4.39 Å². The number of amides is 1. The van der Waals surface area contributed by atoms with E-state index >= 15 is 0 Å². The minimum atomic E-state index is -0.505. The smallest absolute Gasteiger partial charge is 0.266 e. The topological polar surface area (TPSA) is 71.3 Å². The Balaban J connectivity index is 1.75. The summed E-state index contributed by atoms with van der Waals surface area (Å²) in [6.07, 6.45) is 1.53. The van der Waals surface area contributed by atoms with E-state index in [1.54, 1.807) is 43.5 Å². The summed E-state index contributed by atoms with van der Waals surface area (Å²) >= 11 is 4.27. The summed E-state index contributed by atoms with van der Waals surface area (Å²) in [7, 11) is 1.56. The molecule has 8 heteroatoms. The molecule has 0 heterocycles. The van der Waals surface area contributed by atoms with E-state index in [0.717, 1.165) is 12.7 Å². The third kappa shape index (κ3) is 6.43. The first kappa shape index (κ1) is 24.0. The predicted octanol–water partition coefficient (Wildman–Crippen LogP) is 6.17. The molecule has 0 atom stereocenters. The van der Waals surface area contributed by atoms with E-state index in [9.17, 15) is 14.4 Å². The highest BCUT2D eigenvalue weighted by Gasteiger charge is 2.13. The van der Waals surface area contributed by atoms with Crippen LogP contribution in [-0.4, -0.2) is 13.0 Å². The maximum Gasteiger partial charge on any atom is 0.266 e. The van der Waals surface area contributed by atoms with Gasteiger partial charge in [-0.15, -0.1) is 0 Å². The van der Waals surface area contributed by atoms with Crippen molar-refractivity contribution in [2.75, 3.05) is 12.4 Å². The highest BCUT2D eigenvalue weighted by Crippen LogP contribution is 2.30. The van der Waals surface area contributed by atoms with Crippen LogP contribution in [0.2, 0.25) is 0 Å². The molecular weight excluding hydrogens is 637 g/mol. The fraction of sp³-hybridized carbons (Fsp3) is 0.0833. The summed E-state index contributed by atoms with van der Waals surface area (Å²) in [5.74, 6) is 0.513. The van der Waals surface area contributed by atoms with E-state index < -0.39 is 5.91 Å². The van der Waals surface area contributed by atoms with Gasteiger partial charge in [-0.1, -0.05) is 12.1 Å². The normalized spacial score (nSPS) is 10.9. The monoisotopic (exact) mass is 654 g/mol. The Morgan fingerprint density at radius 2 is 1.81 bits per heavy atom. The number of nitrogens with one attached hydrogen (secondary N) is 1. The lowest BCUT2D eigenvalue weighted by molar-refractivity contribution is -0.112. The lowest BCUT2D eigenvalue weighted by atomic mass is 10.1. The molecule has 3 aromatic carbocycles. The van der Waals surface area contributed by atoms with Gasteiger partial charge in [0.25, 0.3) is 5.91 Å². The summed E-state index contributed by atoms with van der Waals surface area (Å²) in [5.41, 5.74) is 1.95. The molecule has 0 saturated carbocycles. The van der Waals surface area contributed by atoms with Gasteiger partial charge in [0, 0.05) is 5.69 Å². The molecule has 0 fully saturated rings. The molecule has 0 aromatic heterocycles. The van der Waals surface area contributed by atoms with Crippen LogP contribution in [0, 0.1) is 24.3 Å². The number of methoxy groups -OCH3 is 1. The molecule has 32 heavy (non-hydrogen) atoms. The van der Waals surface area contributed by atoms with Crippen molar-refractivity contribution in [1.29, 1.82) is 5.26 Å². The lowest BCUT2D eigenvalue weighted by Crippen LogP contribution is -2.13. The van der Waals surface area contributed by atoms with Gasteiger partial charge in [-0.05, 0) is 111 Å². The number of ether oxygens (including phenoxy) is 2. The number of hydrogen-bond donors (Lipinski definition) is 1. The largest absolute Gasteiger partial charge is 0.497 e. The zero-order chi connectivity index (χ0) is 23.1. The van der Waals surface area contributed by atoms with Gasteiger partial charge in [0.2, 0.25) is 0 Å². The summed E-state index contributed by atoms with van der Waals surface area (Å²) in [4.78, 5) is 12.5. The maximum atomic E-state index is 13.4. The second kappa shape index (κ2) is 11.3. The van der Waals surface area contributed by atoms with Crippen molar-refractivity contribution in [3.05, 3.63) is 90.3 Å². The minimum absolute atomic E-state index is 0.0270. The van der Waals surface area contributed by atoms with Gasteiger partial charge in [0.05, 0.1) is 14.3 Å². The Morgan fingerprint density at radius 3 is 2.41 bits per heavy atom. The summed E-state index contributed by atoms with van der Waals surface area (Å²) in [6, 6.07) is 18.7. The predicted molar refractivity (Wildman–Crippen MR) is 138 cm³/mol. The summed E-state index contributed by atoms with van der Waals surface area (Å²) in [6.45, 7) is 0.229. The molecule has 0 aliphatic carbocycles. The molecule has 162 valence electrons. The van der Waals surface area contributed by atoms with Gasteiger partial charge >= 0.3 is 0 Å². The van der Waals surface area contributed by atoms with Crippen LogP contribution >= 0.6 is 45.2 Å². The Morgan fingerprint density at radius 1 is 1.12 bits per heavy atom. The van der Waals surface area contributed by atoms with Crippen LogP contribution in [0.3, 0.4) is 0 Å². The van der Waals surface area contributed by atoms with E-state index in [2.05, 4.69) is 50.5 Å². The molecule has 0 unspecified atom stereocenters. The summed E-state index contributed by atoms with van der Waals surface area (Å²) in [5, 5.41) is 12.2. The molecule has 1 N–H and O–H groups in total. The molecule has 3 aromatic rings. The fourth-order valence-corrected chi connectivity index (χ4v) is 4.90. The number of anilines is 1. The Bertz CT molecular complexity index is 1180. The number of benzene rings is 3. The minimum Gasteiger partial charge on any atom is -0.497 e. The third-order valence-electron chi connectivity index (χ3n) is 4.32. The number of carbonyl (C=O) groups is 1. The van der Waals surface area contributed by atoms with Gasteiger partial charge in [-0.3, -0.25) is 4.79 Å². The van der Waals surface area contributed by atoms with Crippen molar-refractivity contribution in [3.63, 3.8) is 0 Å². The average molecular weight is 654 g/mol. The van der Waals surface area contributed by atoms with Crippen molar-refractivity contribution in [3.8, 4) is 17.6 Å². The Labute approximate surface area is 212 Å². The van der Waals surface area contributed by atoms with Gasteiger partial charge < -0.3 is 14.8 Å². The Hall–Kier alpha value is -2.65. The number of hydrogen-bond acceptors (Lipinski definition) is 4. The van der Waals surface area contributed by atoms with Crippen LogP contribution in [0.4, 0.5) is 10.1 Å². The zero-order valence-electron chi connectivity index (χ0n) is 16.9. The number of nitrogens with zero attached hydrogens (tertiary/aromatic N) is 1. The van der Waals surface area contributed by atoms with Crippen molar-refractivity contribution >= 4 is 62.9 Å². The molecule has 0 saturated heterocycles. The van der Waals surface area contributed by atoms with E-state index in [0.29, 0.717) is 22.7 Å². The van der Waals surface area contributed by atoms with E-state index in [4.69, 9.17) is 9.47 Å². The fourth-order valence-electron chi connectivity index (χ4n) is 2.77. The first-order valence-corrected chi connectivity index (χ1v) is 11.5. The van der Waals surface area contributed by atoms with Crippen LogP contribution < -0.4 is 14.8 Å². The number of rotatable bonds is 7. The molecule has 0 radical (unpaired) electrons. The lowest BCUT2D eigenvalue weighted by Gasteiger charge is -2.12. The molecule has 0 spiro atoms. The van der Waals surface area contributed by atoms with Crippen molar-refractivity contribution in [2.24, 2.45) is 0 Å². The van der Waals surface area contributed by atoms with E-state index in [-0.39, 0.29) is 18.0 Å². The van der Waals surface area contributed by atoms with Crippen molar-refractivity contribution < 1.29 is 18.7 Å². The average Bonchev–Trinajstić information content (AvgIpc) is 2.77. The SMILES string of the molecule is COc1ccc(NC(=O)/C(C#N)=C\c2cc(I)c(OCc3cccc(F)c3)c(I)c2)cc1. The molecular formula is C24H17FI2N2O3. The highest BCUT2D eigenvalue weighted by atomic mass is 127. The quantitative estimate of drug-likeness (QED) is 0.188. The van der Waals surface area contributed by atoms with Gasteiger partial charge in [0.1, 0.15) is 35.6 Å². The molecule has 5 nitrogen and oxygen atoms in total. The van der Waals surface area contributed by atoms with E-state index in [1.807, 2.05) is 18.2 Å². The molecule has 0 bridgehead atoms. The van der Waals surface area contributed by atoms with Gasteiger partial charge in [-0.2, -0.15) is 5.26 Å². The van der Waals surface area contributed by atoms with Crippen molar-refractivity contribution in [1.82, 2.24) is 0 Å². The van der Waals surface area contributed by atoms with Crippen LogP contribution in [0.1, 0.15) is 11.1 Å². The molecule has 1 amide bonds. The number of carbonyl (C=O) groups excluding carboxylic acids is 1. The highest BCUT2D eigenvalue weighted by molar-refractivity contribution is 14.1. The number of halogens is 3. The van der Waals surface area contributed by atoms with Crippen LogP contribution in [0.25, 0.3) is 6.08 Å². The zero-order valence-corrected chi connectivity index (χ0v) is 21.2. The van der Waals surface area contributed by atoms with Crippen molar-refractivity contribution in [2.45, 2.75) is 6.61 Å². The van der Waals surface area contributed by atoms with Crippen LogP contribution in [-0.2, 0) is 11.4 Å². The molecule has 0 aliphatic heterocycles. The number of nitriles is 1. The standard InChI is InChI=1S/C24H17FI2N2O3/c1-31-20-7-5-19(6-8-20)29-24(30)17(13-28)9-16-11-21(26)23(22(27)12-16)32-14-15-3-2-4-18(25)10-15/h2-12H,14H2,1H3,(H,29,30)/b17-9-. The Kier molecular flexibility index (Phi) is 8.46. The van der Waals surface area contributed by atoms with E-state index in [1.165, 1.54) is 18.2 Å². The third-order valence-corrected chi connectivity index (χ3v) is 5.92. The van der Waals surface area contributed by atoms with Crippen LogP contribution in [0.15, 0.2) is 66.2 Å². The second-order valence-corrected chi connectivity index (χ2v) is 8.91. The first-order valence-electron chi connectivity index (χ1n) is 9.33. The van der Waals surface area contributed by atoms with Gasteiger partial charge in [0.15, 0.2) is 0 Å². The molecule has 3 rings (SSSR count). The molecule has 0 aliphatic rings. The first-order chi connectivity index (χ1) is 15.4. The second-order valence-electron chi connectivity index (χ2n) is 6.58. The summed E-state index contributed by atoms with van der Waals surface area (Å²) < 4.78 is 26.0. The van der Waals surface area contributed by atoms with Crippen LogP contribution in [0.5, 0.6) is 11.5 Å². The maximum absolute atomic E-state index is 13.4.